The third kappa shape index (κ3) is 4.74. The molecule has 0 spiro atoms. The number of aliphatic hydroxyl groups excluding tert-OH is 1. The number of nitrogens with two attached hydrogens (primary N) is 1. The third-order valence-electron chi connectivity index (χ3n) is 7.70. The van der Waals surface area contributed by atoms with Crippen LogP contribution in [-0.2, 0) is 10.8 Å². The van der Waals surface area contributed by atoms with E-state index in [2.05, 4.69) is 61.1 Å². The van der Waals surface area contributed by atoms with Crippen LogP contribution in [-0.4, -0.2) is 60.4 Å². The molecule has 0 bridgehead atoms. The van der Waals surface area contributed by atoms with Crippen molar-refractivity contribution in [2.75, 3.05) is 44.2 Å². The minimum absolute atomic E-state index is 0.199. The Balaban J connectivity index is 1.48. The Bertz CT molecular complexity index is 908. The van der Waals surface area contributed by atoms with E-state index in [0.717, 1.165) is 49.8 Å². The maximum Gasteiger partial charge on any atom is 0.185 e. The van der Waals surface area contributed by atoms with Gasteiger partial charge in [-0.15, -0.1) is 11.3 Å². The van der Waals surface area contributed by atoms with Crippen molar-refractivity contribution in [2.45, 2.75) is 70.3 Å². The summed E-state index contributed by atoms with van der Waals surface area (Å²) >= 11 is 1.76. The van der Waals surface area contributed by atoms with Crippen molar-refractivity contribution in [2.24, 2.45) is 5.73 Å². The van der Waals surface area contributed by atoms with Crippen molar-refractivity contribution in [3.8, 4) is 11.3 Å². The van der Waals surface area contributed by atoms with Crippen LogP contribution in [0.5, 0.6) is 0 Å². The molecule has 5 nitrogen and oxygen atoms in total. The number of piperidine rings is 1. The zero-order valence-corrected chi connectivity index (χ0v) is 21.0. The number of nitrogens with zero attached hydrogens (tertiary/aromatic N) is 3. The summed E-state index contributed by atoms with van der Waals surface area (Å²) in [4.78, 5) is 9.83. The van der Waals surface area contributed by atoms with Gasteiger partial charge in [0.05, 0.1) is 12.3 Å². The topological polar surface area (TPSA) is 65.6 Å². The van der Waals surface area contributed by atoms with Crippen molar-refractivity contribution in [1.82, 2.24) is 9.88 Å². The van der Waals surface area contributed by atoms with Gasteiger partial charge in [-0.3, -0.25) is 4.90 Å². The van der Waals surface area contributed by atoms with Gasteiger partial charge in [0.1, 0.15) is 0 Å². The average Bonchev–Trinajstić information content (AvgIpc) is 3.27. The lowest BCUT2D eigenvalue weighted by Gasteiger charge is -2.42. The number of rotatable bonds is 7. The smallest absolute Gasteiger partial charge is 0.185 e. The van der Waals surface area contributed by atoms with Crippen LogP contribution < -0.4 is 10.6 Å². The van der Waals surface area contributed by atoms with Gasteiger partial charge in [-0.2, -0.15) is 0 Å². The lowest BCUT2D eigenvalue weighted by atomic mass is 9.63. The number of aliphatic hydroxyl groups is 1. The van der Waals surface area contributed by atoms with Crippen LogP contribution in [0.1, 0.15) is 64.5 Å². The summed E-state index contributed by atoms with van der Waals surface area (Å²) in [6.07, 6.45) is 4.66. The Labute approximate surface area is 197 Å². The first-order valence-corrected chi connectivity index (χ1v) is 13.0. The number of benzene rings is 1. The molecule has 1 aliphatic carbocycles. The highest BCUT2D eigenvalue weighted by Gasteiger charge is 2.37. The van der Waals surface area contributed by atoms with Gasteiger partial charge in [0.15, 0.2) is 5.13 Å². The van der Waals surface area contributed by atoms with Crippen molar-refractivity contribution in [1.29, 1.82) is 0 Å². The Kier molecular flexibility index (Phi) is 6.97. The molecule has 176 valence electrons. The van der Waals surface area contributed by atoms with Gasteiger partial charge in [0.25, 0.3) is 0 Å². The number of fused-ring (bicyclic) bond motifs is 1. The molecule has 0 atom stereocenters. The van der Waals surface area contributed by atoms with Crippen LogP contribution >= 0.6 is 11.3 Å². The van der Waals surface area contributed by atoms with E-state index < -0.39 is 0 Å². The van der Waals surface area contributed by atoms with Crippen LogP contribution in [0, 0.1) is 0 Å². The molecule has 0 amide bonds. The molecule has 0 radical (unpaired) electrons. The first-order valence-electron chi connectivity index (χ1n) is 12.2. The first-order chi connectivity index (χ1) is 15.2. The summed E-state index contributed by atoms with van der Waals surface area (Å²) in [5, 5.41) is 12.7. The van der Waals surface area contributed by atoms with E-state index in [1.165, 1.54) is 29.5 Å². The molecule has 4 rings (SSSR count). The quantitative estimate of drug-likeness (QED) is 0.647. The molecular weight excluding hydrogens is 416 g/mol. The van der Waals surface area contributed by atoms with Crippen LogP contribution in [0.2, 0.25) is 0 Å². The standard InChI is InChI=1S/C26H40N4OS/c1-25(2)9-10-26(3,4)22-17-19(5-6-21(22)25)23-18-32-24(28-23)30-12-7-20(8-13-30)29(14-11-27)15-16-31/h5-6,17-18,20,31H,7-16,27H2,1-4H3. The van der Waals surface area contributed by atoms with E-state index in [4.69, 9.17) is 10.7 Å². The molecule has 2 aromatic rings. The molecular formula is C26H40N4OS. The molecule has 1 saturated heterocycles. The second kappa shape index (κ2) is 9.41. The highest BCUT2D eigenvalue weighted by atomic mass is 32.1. The Morgan fingerprint density at radius 2 is 1.78 bits per heavy atom. The van der Waals surface area contributed by atoms with E-state index in [-0.39, 0.29) is 17.4 Å². The third-order valence-corrected chi connectivity index (χ3v) is 8.60. The highest BCUT2D eigenvalue weighted by Crippen LogP contribution is 2.47. The number of hydrogen-bond donors (Lipinski definition) is 2. The van der Waals surface area contributed by atoms with Gasteiger partial charge in [-0.05, 0) is 53.7 Å². The lowest BCUT2D eigenvalue weighted by Crippen LogP contribution is -2.47. The molecule has 1 aromatic carbocycles. The zero-order chi connectivity index (χ0) is 22.9. The van der Waals surface area contributed by atoms with Gasteiger partial charge in [-0.25, -0.2) is 4.98 Å². The fourth-order valence-corrected chi connectivity index (χ4v) is 6.37. The zero-order valence-electron chi connectivity index (χ0n) is 20.2. The summed E-state index contributed by atoms with van der Waals surface area (Å²) < 4.78 is 0. The number of thiazole rings is 1. The minimum atomic E-state index is 0.199. The summed E-state index contributed by atoms with van der Waals surface area (Å²) in [7, 11) is 0. The number of hydrogen-bond acceptors (Lipinski definition) is 6. The monoisotopic (exact) mass is 456 g/mol. The largest absolute Gasteiger partial charge is 0.395 e. The molecule has 1 aliphatic heterocycles. The normalized spacial score (nSPS) is 20.5. The van der Waals surface area contributed by atoms with Crippen LogP contribution in [0.3, 0.4) is 0 Å². The predicted octanol–water partition coefficient (Wildman–Crippen LogP) is 4.38. The minimum Gasteiger partial charge on any atom is -0.395 e. The van der Waals surface area contributed by atoms with Crippen molar-refractivity contribution < 1.29 is 5.11 Å². The van der Waals surface area contributed by atoms with Gasteiger partial charge in [0.2, 0.25) is 0 Å². The maximum absolute atomic E-state index is 9.37. The van der Waals surface area contributed by atoms with Gasteiger partial charge in [0, 0.05) is 49.7 Å². The fraction of sp³-hybridized carbons (Fsp3) is 0.654. The van der Waals surface area contributed by atoms with Crippen LogP contribution in [0.25, 0.3) is 11.3 Å². The van der Waals surface area contributed by atoms with Gasteiger partial charge >= 0.3 is 0 Å². The van der Waals surface area contributed by atoms with Gasteiger partial charge < -0.3 is 15.7 Å². The summed E-state index contributed by atoms with van der Waals surface area (Å²) in [6.45, 7) is 14.0. The SMILES string of the molecule is CC1(C)CCC(C)(C)c2cc(-c3csc(N4CCC(N(CCN)CCO)CC4)n3)ccc21. The first kappa shape index (κ1) is 23.7. The van der Waals surface area contributed by atoms with E-state index in [1.54, 1.807) is 11.3 Å². The summed E-state index contributed by atoms with van der Waals surface area (Å²) in [5.41, 5.74) is 11.6. The average molecular weight is 457 g/mol. The Morgan fingerprint density at radius 1 is 1.09 bits per heavy atom. The Morgan fingerprint density at radius 3 is 2.44 bits per heavy atom. The Hall–Kier alpha value is -1.47. The van der Waals surface area contributed by atoms with Crippen LogP contribution in [0.4, 0.5) is 5.13 Å². The number of aromatic nitrogens is 1. The molecule has 1 fully saturated rings. The second-order valence-electron chi connectivity index (χ2n) is 10.8. The van der Waals surface area contributed by atoms with Crippen molar-refractivity contribution >= 4 is 16.5 Å². The molecule has 32 heavy (non-hydrogen) atoms. The van der Waals surface area contributed by atoms with Crippen molar-refractivity contribution in [3.63, 3.8) is 0 Å². The second-order valence-corrected chi connectivity index (χ2v) is 11.6. The van der Waals surface area contributed by atoms with Crippen molar-refractivity contribution in [3.05, 3.63) is 34.7 Å². The molecule has 1 aromatic heterocycles. The maximum atomic E-state index is 9.37. The van der Waals surface area contributed by atoms with Gasteiger partial charge in [-0.1, -0.05) is 39.8 Å². The molecule has 0 unspecified atom stereocenters. The molecule has 2 aliphatic rings. The molecule has 0 saturated carbocycles. The summed E-state index contributed by atoms with van der Waals surface area (Å²) in [5.74, 6) is 0. The van der Waals surface area contributed by atoms with E-state index >= 15 is 0 Å². The lowest BCUT2D eigenvalue weighted by molar-refractivity contribution is 0.136. The molecule has 3 N–H and O–H groups in total. The molecule has 6 heteroatoms. The fourth-order valence-electron chi connectivity index (χ4n) is 5.48. The number of anilines is 1. The highest BCUT2D eigenvalue weighted by molar-refractivity contribution is 7.14. The van der Waals surface area contributed by atoms with E-state index in [0.29, 0.717) is 12.6 Å². The van der Waals surface area contributed by atoms with E-state index in [9.17, 15) is 5.11 Å². The predicted molar refractivity (Wildman–Crippen MR) is 136 cm³/mol. The summed E-state index contributed by atoms with van der Waals surface area (Å²) in [6, 6.07) is 7.53. The van der Waals surface area contributed by atoms with Crippen LogP contribution in [0.15, 0.2) is 23.6 Å². The molecule has 2 heterocycles. The van der Waals surface area contributed by atoms with E-state index in [1.807, 2.05) is 0 Å².